The SMILES string of the molecule is C[C@@H](C#N)c1cc2cc(Nc3cc4n(n3)Cc3nccn3CC4)ncc2c(N)n1. The summed E-state index contributed by atoms with van der Waals surface area (Å²) < 4.78 is 4.13. The Morgan fingerprint density at radius 2 is 2.14 bits per heavy atom. The number of nitrogen functional groups attached to an aromatic ring is 1. The van der Waals surface area contributed by atoms with Gasteiger partial charge in [-0.1, -0.05) is 0 Å². The lowest BCUT2D eigenvalue weighted by Crippen LogP contribution is -2.06. The van der Waals surface area contributed by atoms with Crippen LogP contribution in [-0.2, 0) is 19.5 Å². The average molecular weight is 385 g/mol. The Morgan fingerprint density at radius 3 is 3.00 bits per heavy atom. The molecule has 0 fully saturated rings. The molecule has 1 atom stereocenters. The number of anilines is 3. The van der Waals surface area contributed by atoms with Crippen LogP contribution in [0.4, 0.5) is 17.5 Å². The number of nitrogens with one attached hydrogen (secondary N) is 1. The maximum absolute atomic E-state index is 9.18. The second-order valence-corrected chi connectivity index (χ2v) is 7.16. The highest BCUT2D eigenvalue weighted by atomic mass is 15.3. The largest absolute Gasteiger partial charge is 0.383 e. The van der Waals surface area contributed by atoms with Gasteiger partial charge in [0.1, 0.15) is 17.5 Å². The van der Waals surface area contributed by atoms with E-state index in [0.717, 1.165) is 41.1 Å². The standard InChI is InChI=1S/C20H19N9/c1-12(9-21)16-6-13-7-17(24-10-15(13)20(22)25-16)26-18-8-14-2-4-28-5-3-23-19(28)11-29(14)27-18/h3,5-8,10,12H,2,4,11H2,1H3,(H2,22,25)(H,24,26,27)/t12-/m0/s1. The van der Waals surface area contributed by atoms with Crippen LogP contribution in [0, 0.1) is 11.3 Å². The predicted molar refractivity (Wildman–Crippen MR) is 109 cm³/mol. The van der Waals surface area contributed by atoms with Crippen molar-refractivity contribution in [2.24, 2.45) is 0 Å². The molecule has 29 heavy (non-hydrogen) atoms. The van der Waals surface area contributed by atoms with Crippen molar-refractivity contribution in [3.05, 3.63) is 54.0 Å². The van der Waals surface area contributed by atoms with Crippen LogP contribution < -0.4 is 11.1 Å². The van der Waals surface area contributed by atoms with E-state index in [1.54, 1.807) is 13.1 Å². The molecule has 0 aromatic carbocycles. The minimum atomic E-state index is -0.331. The lowest BCUT2D eigenvalue weighted by atomic mass is 10.1. The van der Waals surface area contributed by atoms with Gasteiger partial charge < -0.3 is 15.6 Å². The van der Waals surface area contributed by atoms with Crippen LogP contribution in [-0.4, -0.2) is 29.3 Å². The second-order valence-electron chi connectivity index (χ2n) is 7.16. The highest BCUT2D eigenvalue weighted by molar-refractivity contribution is 5.92. The topological polar surface area (TPSA) is 123 Å². The third-order valence-electron chi connectivity index (χ3n) is 5.22. The molecule has 0 saturated heterocycles. The Labute approximate surface area is 166 Å². The smallest absolute Gasteiger partial charge is 0.153 e. The first-order chi connectivity index (χ1) is 14.1. The summed E-state index contributed by atoms with van der Waals surface area (Å²) >= 11 is 0. The van der Waals surface area contributed by atoms with Crippen LogP contribution in [0.1, 0.15) is 30.1 Å². The van der Waals surface area contributed by atoms with Crippen molar-refractivity contribution in [3.63, 3.8) is 0 Å². The molecule has 0 spiro atoms. The van der Waals surface area contributed by atoms with E-state index in [0.29, 0.717) is 23.9 Å². The molecule has 0 saturated carbocycles. The predicted octanol–water partition coefficient (Wildman–Crippen LogP) is 2.58. The molecule has 4 aromatic heterocycles. The molecule has 1 aliphatic heterocycles. The van der Waals surface area contributed by atoms with Gasteiger partial charge in [0.2, 0.25) is 0 Å². The van der Waals surface area contributed by atoms with Gasteiger partial charge in [-0.2, -0.15) is 10.4 Å². The number of nitrogens with two attached hydrogens (primary N) is 1. The highest BCUT2D eigenvalue weighted by Crippen LogP contribution is 2.26. The molecular formula is C20H19N9. The van der Waals surface area contributed by atoms with E-state index in [2.05, 4.69) is 36.0 Å². The fraction of sp³-hybridized carbons (Fsp3) is 0.250. The zero-order valence-electron chi connectivity index (χ0n) is 15.9. The number of pyridine rings is 2. The number of nitrogens with zero attached hydrogens (tertiary/aromatic N) is 7. The van der Waals surface area contributed by atoms with Crippen LogP contribution in [0.5, 0.6) is 0 Å². The third-order valence-corrected chi connectivity index (χ3v) is 5.22. The van der Waals surface area contributed by atoms with Crippen LogP contribution in [0.3, 0.4) is 0 Å². The van der Waals surface area contributed by atoms with Gasteiger partial charge in [-0.05, 0) is 24.4 Å². The minimum absolute atomic E-state index is 0.331. The summed E-state index contributed by atoms with van der Waals surface area (Å²) in [5, 5.41) is 18.8. The summed E-state index contributed by atoms with van der Waals surface area (Å²) in [5.74, 6) is 2.45. The summed E-state index contributed by atoms with van der Waals surface area (Å²) in [6.07, 6.45) is 6.41. The molecule has 1 aliphatic rings. The van der Waals surface area contributed by atoms with E-state index in [9.17, 15) is 5.26 Å². The zero-order valence-corrected chi connectivity index (χ0v) is 15.9. The molecule has 9 nitrogen and oxygen atoms in total. The first kappa shape index (κ1) is 17.2. The minimum Gasteiger partial charge on any atom is -0.383 e. The van der Waals surface area contributed by atoms with E-state index < -0.39 is 0 Å². The number of imidazole rings is 1. The molecule has 0 amide bonds. The number of hydrogen-bond donors (Lipinski definition) is 2. The Kier molecular flexibility index (Phi) is 3.91. The molecule has 4 aromatic rings. The van der Waals surface area contributed by atoms with Crippen molar-refractivity contribution in [1.82, 2.24) is 29.3 Å². The third kappa shape index (κ3) is 3.04. The lowest BCUT2D eigenvalue weighted by molar-refractivity contribution is 0.641. The number of hydrogen-bond acceptors (Lipinski definition) is 7. The average Bonchev–Trinajstić information content (AvgIpc) is 3.28. The fourth-order valence-corrected chi connectivity index (χ4v) is 3.60. The quantitative estimate of drug-likeness (QED) is 0.555. The maximum Gasteiger partial charge on any atom is 0.153 e. The van der Waals surface area contributed by atoms with Gasteiger partial charge in [0.15, 0.2) is 5.82 Å². The van der Waals surface area contributed by atoms with Crippen molar-refractivity contribution in [2.75, 3.05) is 11.1 Å². The Morgan fingerprint density at radius 1 is 1.24 bits per heavy atom. The molecular weight excluding hydrogens is 366 g/mol. The summed E-state index contributed by atoms with van der Waals surface area (Å²) in [6, 6.07) is 8.03. The maximum atomic E-state index is 9.18. The van der Waals surface area contributed by atoms with Crippen molar-refractivity contribution < 1.29 is 0 Å². The fourth-order valence-electron chi connectivity index (χ4n) is 3.60. The molecule has 5 rings (SSSR count). The van der Waals surface area contributed by atoms with E-state index in [1.165, 1.54) is 0 Å². The van der Waals surface area contributed by atoms with E-state index >= 15 is 0 Å². The van der Waals surface area contributed by atoms with E-state index in [1.807, 2.05) is 35.3 Å². The van der Waals surface area contributed by atoms with Gasteiger partial charge in [0.05, 0.1) is 24.2 Å². The molecule has 9 heteroatoms. The molecule has 0 bridgehead atoms. The summed E-state index contributed by atoms with van der Waals surface area (Å²) in [4.78, 5) is 13.2. The second kappa shape index (κ2) is 6.60. The van der Waals surface area contributed by atoms with Crippen molar-refractivity contribution >= 4 is 28.2 Å². The lowest BCUT2D eigenvalue weighted by Gasteiger charge is -2.09. The zero-order chi connectivity index (χ0) is 20.0. The molecule has 0 radical (unpaired) electrons. The monoisotopic (exact) mass is 385 g/mol. The van der Waals surface area contributed by atoms with Crippen molar-refractivity contribution in [1.29, 1.82) is 5.26 Å². The summed E-state index contributed by atoms with van der Waals surface area (Å²) in [7, 11) is 0. The van der Waals surface area contributed by atoms with E-state index in [-0.39, 0.29) is 5.92 Å². The van der Waals surface area contributed by atoms with E-state index in [4.69, 9.17) is 5.73 Å². The Hall–Kier alpha value is -3.93. The molecule has 5 heterocycles. The Balaban J connectivity index is 1.45. The van der Waals surface area contributed by atoms with Crippen LogP contribution in [0.15, 0.2) is 36.8 Å². The first-order valence-electron chi connectivity index (χ1n) is 9.40. The summed E-state index contributed by atoms with van der Waals surface area (Å²) in [6.45, 7) is 3.34. The number of rotatable bonds is 3. The Bertz CT molecular complexity index is 1260. The van der Waals surface area contributed by atoms with Crippen molar-refractivity contribution in [2.45, 2.75) is 32.4 Å². The van der Waals surface area contributed by atoms with Gasteiger partial charge >= 0.3 is 0 Å². The number of nitriles is 1. The number of aromatic nitrogens is 6. The summed E-state index contributed by atoms with van der Waals surface area (Å²) in [5.41, 5.74) is 7.86. The van der Waals surface area contributed by atoms with Gasteiger partial charge in [0.25, 0.3) is 0 Å². The van der Waals surface area contributed by atoms with Gasteiger partial charge in [-0.15, -0.1) is 0 Å². The first-order valence-corrected chi connectivity index (χ1v) is 9.40. The highest BCUT2D eigenvalue weighted by Gasteiger charge is 2.16. The molecule has 144 valence electrons. The number of fused-ring (bicyclic) bond motifs is 3. The number of aryl methyl sites for hydroxylation is 2. The molecule has 0 aliphatic carbocycles. The van der Waals surface area contributed by atoms with Crippen LogP contribution in [0.2, 0.25) is 0 Å². The van der Waals surface area contributed by atoms with Crippen molar-refractivity contribution in [3.8, 4) is 6.07 Å². The van der Waals surface area contributed by atoms with Gasteiger partial charge in [-0.3, -0.25) is 4.68 Å². The molecule has 0 unspecified atom stereocenters. The normalized spacial score (nSPS) is 13.9. The van der Waals surface area contributed by atoms with Crippen LogP contribution in [0.25, 0.3) is 10.8 Å². The van der Waals surface area contributed by atoms with Crippen LogP contribution >= 0.6 is 0 Å². The molecule has 3 N–H and O–H groups in total. The van der Waals surface area contributed by atoms with Gasteiger partial charge in [0, 0.05) is 48.7 Å². The van der Waals surface area contributed by atoms with Gasteiger partial charge in [-0.25, -0.2) is 15.0 Å².